The van der Waals surface area contributed by atoms with Crippen molar-refractivity contribution in [1.82, 2.24) is 9.21 Å². The third-order valence-corrected chi connectivity index (χ3v) is 9.85. The summed E-state index contributed by atoms with van der Waals surface area (Å²) in [6.07, 6.45) is 2.54. The number of carbonyl (C=O) groups is 1. The Labute approximate surface area is 218 Å². The Morgan fingerprint density at radius 2 is 1.83 bits per heavy atom. The van der Waals surface area contributed by atoms with E-state index < -0.39 is 21.9 Å². The van der Waals surface area contributed by atoms with Gasteiger partial charge in [0.2, 0.25) is 15.9 Å². The van der Waals surface area contributed by atoms with Gasteiger partial charge in [0.25, 0.3) is 0 Å². The average molecular weight is 554 g/mol. The summed E-state index contributed by atoms with van der Waals surface area (Å²) in [6, 6.07) is 11.5. The zero-order valence-electron chi connectivity index (χ0n) is 18.7. The quantitative estimate of drug-likeness (QED) is 0.374. The van der Waals surface area contributed by atoms with E-state index in [4.69, 9.17) is 23.2 Å². The molecule has 1 aromatic heterocycles. The maximum absolute atomic E-state index is 13.7. The minimum atomic E-state index is -3.97. The van der Waals surface area contributed by atoms with Crippen LogP contribution in [0.15, 0.2) is 58.8 Å². The molecule has 0 saturated heterocycles. The van der Waals surface area contributed by atoms with Crippen LogP contribution in [0.25, 0.3) is 0 Å². The lowest BCUT2D eigenvalue weighted by atomic mass is 9.93. The lowest BCUT2D eigenvalue weighted by Gasteiger charge is -2.38. The van der Waals surface area contributed by atoms with Crippen molar-refractivity contribution >= 4 is 50.5 Å². The van der Waals surface area contributed by atoms with Gasteiger partial charge in [-0.1, -0.05) is 29.3 Å². The number of hydrogen-bond acceptors (Lipinski definition) is 4. The van der Waals surface area contributed by atoms with Crippen LogP contribution in [-0.2, 0) is 21.2 Å². The van der Waals surface area contributed by atoms with Crippen molar-refractivity contribution in [2.24, 2.45) is 5.92 Å². The number of rotatable bonds is 7. The molecule has 1 amide bonds. The van der Waals surface area contributed by atoms with Crippen molar-refractivity contribution in [3.8, 4) is 0 Å². The summed E-state index contributed by atoms with van der Waals surface area (Å²) >= 11 is 14.3. The predicted octanol–water partition coefficient (Wildman–Crippen LogP) is 5.77. The van der Waals surface area contributed by atoms with Gasteiger partial charge < -0.3 is 4.90 Å². The van der Waals surface area contributed by atoms with E-state index in [1.165, 1.54) is 21.3 Å². The molecule has 184 valence electrons. The predicted molar refractivity (Wildman–Crippen MR) is 136 cm³/mol. The smallest absolute Gasteiger partial charge is 0.243 e. The van der Waals surface area contributed by atoms with Crippen LogP contribution in [0.2, 0.25) is 10.0 Å². The van der Waals surface area contributed by atoms with Gasteiger partial charge in [-0.2, -0.15) is 4.31 Å². The van der Waals surface area contributed by atoms with E-state index in [9.17, 15) is 17.6 Å². The maximum Gasteiger partial charge on any atom is 0.243 e. The summed E-state index contributed by atoms with van der Waals surface area (Å²) in [7, 11) is -3.97. The van der Waals surface area contributed by atoms with Crippen LogP contribution in [0.1, 0.15) is 34.9 Å². The van der Waals surface area contributed by atoms with Crippen molar-refractivity contribution in [3.05, 3.63) is 85.8 Å². The molecule has 1 aliphatic carbocycles. The van der Waals surface area contributed by atoms with Crippen LogP contribution in [0.3, 0.4) is 0 Å². The van der Waals surface area contributed by atoms with Gasteiger partial charge in [-0.3, -0.25) is 4.79 Å². The summed E-state index contributed by atoms with van der Waals surface area (Å²) in [6.45, 7) is 0.413. The van der Waals surface area contributed by atoms with Crippen LogP contribution >= 0.6 is 34.5 Å². The van der Waals surface area contributed by atoms with Crippen molar-refractivity contribution in [1.29, 1.82) is 0 Å². The molecule has 0 bridgehead atoms. The Morgan fingerprint density at radius 1 is 1.09 bits per heavy atom. The third-order valence-electron chi connectivity index (χ3n) is 6.47. The second-order valence-corrected chi connectivity index (χ2v) is 12.7. The molecule has 10 heteroatoms. The monoisotopic (exact) mass is 552 g/mol. The van der Waals surface area contributed by atoms with Gasteiger partial charge in [-0.05, 0) is 84.2 Å². The van der Waals surface area contributed by atoms with Gasteiger partial charge in [0.1, 0.15) is 5.82 Å². The number of hydrogen-bond donors (Lipinski definition) is 0. The molecule has 1 unspecified atom stereocenters. The van der Waals surface area contributed by atoms with E-state index in [2.05, 4.69) is 0 Å². The summed E-state index contributed by atoms with van der Waals surface area (Å²) in [5.74, 6) is -0.593. The van der Waals surface area contributed by atoms with Gasteiger partial charge in [0.15, 0.2) is 0 Å². The Hall–Kier alpha value is -1.97. The average Bonchev–Trinajstić information content (AvgIpc) is 3.51. The van der Waals surface area contributed by atoms with Crippen molar-refractivity contribution in [3.63, 3.8) is 0 Å². The van der Waals surface area contributed by atoms with Gasteiger partial charge in [0.05, 0.1) is 17.5 Å². The molecule has 0 spiro atoms. The number of fused-ring (bicyclic) bond motifs is 1. The molecular weight excluding hydrogens is 530 g/mol. The molecule has 1 aliphatic heterocycles. The normalized spacial score (nSPS) is 18.1. The Balaban J connectivity index is 1.47. The number of benzene rings is 2. The largest absolute Gasteiger partial charge is 0.330 e. The fourth-order valence-corrected chi connectivity index (χ4v) is 7.36. The van der Waals surface area contributed by atoms with E-state index in [1.54, 1.807) is 28.4 Å². The topological polar surface area (TPSA) is 57.7 Å². The molecular formula is C25H23Cl2FN2O3S2. The van der Waals surface area contributed by atoms with Crippen LogP contribution in [0.4, 0.5) is 4.39 Å². The molecule has 5 rings (SSSR count). The Bertz CT molecular complexity index is 1360. The minimum Gasteiger partial charge on any atom is -0.330 e. The highest BCUT2D eigenvalue weighted by Crippen LogP contribution is 2.41. The van der Waals surface area contributed by atoms with E-state index in [-0.39, 0.29) is 29.8 Å². The Kier molecular flexibility index (Phi) is 6.94. The number of thiophene rings is 1. The van der Waals surface area contributed by atoms with Crippen LogP contribution < -0.4 is 0 Å². The molecule has 0 radical (unpaired) electrons. The number of nitrogens with zero attached hydrogens (tertiary/aromatic N) is 2. The summed E-state index contributed by atoms with van der Waals surface area (Å²) < 4.78 is 41.5. The first kappa shape index (κ1) is 24.7. The molecule has 1 fully saturated rings. The molecule has 2 heterocycles. The van der Waals surface area contributed by atoms with Crippen molar-refractivity contribution in [2.75, 3.05) is 19.6 Å². The number of carbonyl (C=O) groups excluding carboxylic acids is 1. The van der Waals surface area contributed by atoms with Crippen molar-refractivity contribution in [2.45, 2.75) is 30.2 Å². The lowest BCUT2D eigenvalue weighted by Crippen LogP contribution is -2.47. The molecule has 1 saturated carbocycles. The lowest BCUT2D eigenvalue weighted by molar-refractivity contribution is -0.133. The van der Waals surface area contributed by atoms with Crippen LogP contribution in [0, 0.1) is 11.7 Å². The third kappa shape index (κ3) is 5.13. The minimum absolute atomic E-state index is 0.0246. The maximum atomic E-state index is 13.7. The molecule has 3 aromatic rings. The highest BCUT2D eigenvalue weighted by atomic mass is 35.5. The fourth-order valence-electron chi connectivity index (χ4n) is 4.48. The molecule has 35 heavy (non-hydrogen) atoms. The van der Waals surface area contributed by atoms with Crippen LogP contribution in [0.5, 0.6) is 0 Å². The molecule has 0 N–H and O–H groups in total. The SMILES string of the molecule is O=C(CN(CC1CC1)S(=O)(=O)c1ccc(F)cc1)N1CCc2sccc2C1c1ccc(Cl)cc1Cl. The second kappa shape index (κ2) is 9.82. The van der Waals surface area contributed by atoms with E-state index >= 15 is 0 Å². The molecule has 1 atom stereocenters. The fraction of sp³-hybridized carbons (Fsp3) is 0.320. The van der Waals surface area contributed by atoms with Gasteiger partial charge in [-0.15, -0.1) is 11.3 Å². The van der Waals surface area contributed by atoms with Crippen LogP contribution in [-0.4, -0.2) is 43.2 Å². The number of sulfonamides is 1. The Morgan fingerprint density at radius 3 is 2.51 bits per heavy atom. The first-order valence-electron chi connectivity index (χ1n) is 11.3. The number of halogens is 3. The molecule has 2 aliphatic rings. The second-order valence-electron chi connectivity index (χ2n) is 8.90. The van der Waals surface area contributed by atoms with Gasteiger partial charge in [0, 0.05) is 28.0 Å². The molecule has 5 nitrogen and oxygen atoms in total. The van der Waals surface area contributed by atoms with Crippen molar-refractivity contribution < 1.29 is 17.6 Å². The molecule has 2 aromatic carbocycles. The first-order valence-corrected chi connectivity index (χ1v) is 14.4. The standard InChI is InChI=1S/C25H23Cl2FN2O3S2/c26-17-3-8-20(22(27)13-17)25-21-10-12-34-23(21)9-11-30(25)24(31)15-29(14-16-1-2-16)35(32,33)19-6-4-18(28)5-7-19/h3-8,10,12-13,16,25H,1-2,9,11,14-15H2. The highest BCUT2D eigenvalue weighted by Gasteiger charge is 2.38. The van der Waals surface area contributed by atoms with Gasteiger partial charge in [-0.25, -0.2) is 12.8 Å². The van der Waals surface area contributed by atoms with Gasteiger partial charge >= 0.3 is 0 Å². The summed E-state index contributed by atoms with van der Waals surface area (Å²) in [4.78, 5) is 16.6. The van der Waals surface area contributed by atoms with E-state index in [1.807, 2.05) is 17.5 Å². The first-order chi connectivity index (χ1) is 16.7. The number of amides is 1. The summed E-state index contributed by atoms with van der Waals surface area (Å²) in [5, 5.41) is 2.94. The van der Waals surface area contributed by atoms with E-state index in [0.29, 0.717) is 23.0 Å². The zero-order chi connectivity index (χ0) is 24.7. The highest BCUT2D eigenvalue weighted by molar-refractivity contribution is 7.89. The zero-order valence-corrected chi connectivity index (χ0v) is 21.8. The van der Waals surface area contributed by atoms with E-state index in [0.717, 1.165) is 36.1 Å². The summed E-state index contributed by atoms with van der Waals surface area (Å²) in [5.41, 5.74) is 1.74.